The summed E-state index contributed by atoms with van der Waals surface area (Å²) in [5.74, 6) is -4.86. The maximum atomic E-state index is 15.0. The van der Waals surface area contributed by atoms with Gasteiger partial charge in [0.15, 0.2) is 11.6 Å². The molecule has 2 heterocycles. The number of halogens is 7. The summed E-state index contributed by atoms with van der Waals surface area (Å²) in [7, 11) is 0. The highest BCUT2D eigenvalue weighted by molar-refractivity contribution is 6.31. The van der Waals surface area contributed by atoms with Crippen LogP contribution < -0.4 is 20.9 Å². The molecule has 0 aliphatic carbocycles. The van der Waals surface area contributed by atoms with Gasteiger partial charge >= 0.3 is 24.1 Å². The number of urea groups is 2. The van der Waals surface area contributed by atoms with E-state index in [2.05, 4.69) is 16.7 Å². The number of piperazine rings is 2. The number of likely N-dealkylation sites (N-methyl/N-ethyl adjacent to an activating group) is 2. The normalized spacial score (nSPS) is 14.5. The predicted octanol–water partition coefficient (Wildman–Crippen LogP) is 7.49. The number of hydrogen-bond donors (Lipinski definition) is 2. The summed E-state index contributed by atoms with van der Waals surface area (Å²) in [5.41, 5.74) is 6.81. The van der Waals surface area contributed by atoms with Crippen molar-refractivity contribution in [2.45, 2.75) is 33.1 Å². The summed E-state index contributed by atoms with van der Waals surface area (Å²) in [6.45, 7) is 9.93. The van der Waals surface area contributed by atoms with Gasteiger partial charge in [-0.1, -0.05) is 73.4 Å². The van der Waals surface area contributed by atoms with Gasteiger partial charge in [-0.2, -0.15) is 13.2 Å². The number of nitrogens with two attached hydrogens (primary N) is 1. The number of Topliss-reactive ketones (excluding diaryl/α,β-unsaturated/α-hetero) is 2. The minimum Gasteiger partial charge on any atom is -0.341 e. The van der Waals surface area contributed by atoms with Crippen LogP contribution in [0.2, 0.25) is 10.0 Å². The summed E-state index contributed by atoms with van der Waals surface area (Å²) < 4.78 is 66.6. The van der Waals surface area contributed by atoms with E-state index in [1.165, 1.54) is 45.4 Å². The zero-order valence-corrected chi connectivity index (χ0v) is 37.9. The van der Waals surface area contributed by atoms with E-state index >= 15 is 0 Å². The van der Waals surface area contributed by atoms with Gasteiger partial charge in [-0.3, -0.25) is 24.2 Å². The van der Waals surface area contributed by atoms with Crippen LogP contribution in [0.5, 0.6) is 0 Å². The second kappa shape index (κ2) is 23.7. The fourth-order valence-electron chi connectivity index (χ4n) is 7.20. The topological polar surface area (TPSA) is 143 Å². The summed E-state index contributed by atoms with van der Waals surface area (Å²) in [6, 6.07) is 20.6. The highest BCUT2D eigenvalue weighted by atomic mass is 35.5. The van der Waals surface area contributed by atoms with E-state index in [4.69, 9.17) is 28.9 Å². The van der Waals surface area contributed by atoms with Crippen LogP contribution >= 0.6 is 23.2 Å². The lowest BCUT2D eigenvalue weighted by molar-refractivity contribution is -0.173. The first-order valence-corrected chi connectivity index (χ1v) is 21.9. The van der Waals surface area contributed by atoms with Crippen molar-refractivity contribution in [1.82, 2.24) is 24.9 Å². The Bertz CT molecular complexity index is 2360. The number of alkyl halides is 3. The standard InChI is InChI=1S/C24H25ClF4N4O3.C22H26ClFN4O2/c1-2-31-8-10-32(11-9-31)23(36)33(19-5-3-4-18(25)13-19)15-17-7-6-16(12-20(17)26)21(34)14-30-22(35)24(27,28)29;1-2-26-8-10-27(11-9-26)22(30)28(19-5-3-4-18(23)13-19)15-17-7-6-16(12-20(17)24)21(29)14-25/h3-7,12-13H,2,8-11,14-15H2,1H3,(H,30,35);3-7,12-13H,2,8-11,14-15,25H2,1H3. The second-order valence-corrected chi connectivity index (χ2v) is 16.3. The van der Waals surface area contributed by atoms with Crippen molar-refractivity contribution < 1.29 is 45.9 Å². The number of carbonyl (C=O) groups excluding carboxylic acids is 5. The molecule has 2 saturated heterocycles. The molecule has 5 amide bonds. The third-order valence-corrected chi connectivity index (χ3v) is 11.6. The average molecular weight is 962 g/mol. The number of rotatable bonds is 13. The highest BCUT2D eigenvalue weighted by Gasteiger charge is 2.38. The van der Waals surface area contributed by atoms with Gasteiger partial charge in [0.1, 0.15) is 11.6 Å². The number of anilines is 2. The molecule has 20 heteroatoms. The van der Waals surface area contributed by atoms with Crippen LogP contribution in [-0.4, -0.2) is 134 Å². The van der Waals surface area contributed by atoms with Crippen LogP contribution in [-0.2, 0) is 17.9 Å². The summed E-state index contributed by atoms with van der Waals surface area (Å²) in [5, 5.41) is 2.35. The van der Waals surface area contributed by atoms with E-state index < -0.39 is 36.0 Å². The molecular formula is C46H51Cl2F5N8O5. The Morgan fingerprint density at radius 2 is 1.03 bits per heavy atom. The molecule has 2 aliphatic rings. The van der Waals surface area contributed by atoms with E-state index in [-0.39, 0.29) is 54.2 Å². The van der Waals surface area contributed by atoms with Crippen LogP contribution in [0.3, 0.4) is 0 Å². The molecule has 0 bridgehead atoms. The molecule has 6 rings (SSSR count). The molecule has 4 aromatic carbocycles. The average Bonchev–Trinajstić information content (AvgIpc) is 3.31. The molecule has 66 heavy (non-hydrogen) atoms. The SMILES string of the molecule is CCN1CCN(C(=O)N(Cc2ccc(C(=O)CN)cc2F)c2cccc(Cl)c2)CC1.CCN1CCN(C(=O)N(Cc2ccc(C(=O)CNC(=O)C(F)(F)F)cc2F)c2cccc(Cl)c2)CC1. The van der Waals surface area contributed by atoms with Crippen molar-refractivity contribution in [2.75, 3.05) is 88.3 Å². The first kappa shape index (κ1) is 51.3. The third-order valence-electron chi connectivity index (χ3n) is 11.1. The quantitative estimate of drug-likeness (QED) is 0.104. The number of carbonyl (C=O) groups is 5. The van der Waals surface area contributed by atoms with Gasteiger partial charge in [-0.15, -0.1) is 0 Å². The fourth-order valence-corrected chi connectivity index (χ4v) is 7.57. The van der Waals surface area contributed by atoms with Gasteiger partial charge in [0.2, 0.25) is 0 Å². The van der Waals surface area contributed by atoms with E-state index in [9.17, 15) is 45.9 Å². The molecule has 3 N–H and O–H groups in total. The minimum atomic E-state index is -5.13. The van der Waals surface area contributed by atoms with Gasteiger partial charge in [0, 0.05) is 96.0 Å². The lowest BCUT2D eigenvalue weighted by Gasteiger charge is -2.37. The lowest BCUT2D eigenvalue weighted by Crippen LogP contribution is -2.52. The molecule has 0 saturated carbocycles. The third kappa shape index (κ3) is 13.9. The molecule has 0 unspecified atom stereocenters. The van der Waals surface area contributed by atoms with Crippen LogP contribution in [0.25, 0.3) is 0 Å². The summed E-state index contributed by atoms with van der Waals surface area (Å²) in [6.07, 6.45) is -5.13. The van der Waals surface area contributed by atoms with E-state index in [0.717, 1.165) is 32.2 Å². The minimum absolute atomic E-state index is 0.0239. The Morgan fingerprint density at radius 3 is 1.38 bits per heavy atom. The number of ketones is 2. The molecule has 0 radical (unpaired) electrons. The highest BCUT2D eigenvalue weighted by Crippen LogP contribution is 2.27. The predicted molar refractivity (Wildman–Crippen MR) is 243 cm³/mol. The lowest BCUT2D eigenvalue weighted by atomic mass is 10.1. The van der Waals surface area contributed by atoms with Gasteiger partial charge in [0.05, 0.1) is 26.2 Å². The van der Waals surface area contributed by atoms with Gasteiger partial charge in [0.25, 0.3) is 0 Å². The molecule has 2 aliphatic heterocycles. The van der Waals surface area contributed by atoms with E-state index in [0.29, 0.717) is 66.3 Å². The fraction of sp³-hybridized carbons (Fsp3) is 0.370. The zero-order valence-electron chi connectivity index (χ0n) is 36.4. The zero-order chi connectivity index (χ0) is 48.1. The molecule has 354 valence electrons. The van der Waals surface area contributed by atoms with Crippen LogP contribution in [0, 0.1) is 11.6 Å². The maximum Gasteiger partial charge on any atom is 0.471 e. The van der Waals surface area contributed by atoms with Crippen molar-refractivity contribution in [3.8, 4) is 0 Å². The number of nitrogens with one attached hydrogen (secondary N) is 1. The molecule has 2 fully saturated rings. The Labute approximate surface area is 389 Å². The number of benzene rings is 4. The molecule has 0 atom stereocenters. The Morgan fingerprint density at radius 1 is 0.621 bits per heavy atom. The monoisotopic (exact) mass is 960 g/mol. The largest absolute Gasteiger partial charge is 0.471 e. The van der Waals surface area contributed by atoms with Gasteiger partial charge in [-0.25, -0.2) is 18.4 Å². The molecule has 13 nitrogen and oxygen atoms in total. The molecular weight excluding hydrogens is 910 g/mol. The number of amides is 5. The molecule has 0 aromatic heterocycles. The number of nitrogens with zero attached hydrogens (tertiary/aromatic N) is 6. The van der Waals surface area contributed by atoms with Crippen molar-refractivity contribution in [3.63, 3.8) is 0 Å². The maximum absolute atomic E-state index is 15.0. The van der Waals surface area contributed by atoms with Crippen LogP contribution in [0.15, 0.2) is 84.9 Å². The van der Waals surface area contributed by atoms with Crippen molar-refractivity contribution in [1.29, 1.82) is 0 Å². The van der Waals surface area contributed by atoms with E-state index in [1.807, 2.05) is 6.92 Å². The van der Waals surface area contributed by atoms with Gasteiger partial charge in [-0.05, 0) is 61.6 Å². The molecule has 4 aromatic rings. The van der Waals surface area contributed by atoms with Gasteiger partial charge < -0.3 is 30.7 Å². The first-order chi connectivity index (χ1) is 31.4. The van der Waals surface area contributed by atoms with Crippen LogP contribution in [0.1, 0.15) is 45.7 Å². The number of hydrogen-bond acceptors (Lipinski definition) is 8. The van der Waals surface area contributed by atoms with Crippen molar-refractivity contribution in [2.24, 2.45) is 5.73 Å². The van der Waals surface area contributed by atoms with Crippen molar-refractivity contribution in [3.05, 3.63) is 129 Å². The Balaban J connectivity index is 0.000000251. The van der Waals surface area contributed by atoms with Crippen molar-refractivity contribution >= 4 is 64.1 Å². The first-order valence-electron chi connectivity index (χ1n) is 21.2. The Kier molecular flexibility index (Phi) is 18.4. The Hall–Kier alpha value is -5.66. The molecule has 0 spiro atoms. The van der Waals surface area contributed by atoms with E-state index in [1.54, 1.807) is 58.3 Å². The smallest absolute Gasteiger partial charge is 0.341 e. The second-order valence-electron chi connectivity index (χ2n) is 15.4. The summed E-state index contributed by atoms with van der Waals surface area (Å²) >= 11 is 12.3. The van der Waals surface area contributed by atoms with Crippen LogP contribution in [0.4, 0.5) is 42.9 Å². The summed E-state index contributed by atoms with van der Waals surface area (Å²) in [4.78, 5) is 72.4.